The van der Waals surface area contributed by atoms with Crippen LogP contribution in [0.3, 0.4) is 0 Å². The molecule has 1 heterocycles. The van der Waals surface area contributed by atoms with Gasteiger partial charge in [0.2, 0.25) is 0 Å². The second kappa shape index (κ2) is 7.80. The zero-order chi connectivity index (χ0) is 16.7. The zero-order valence-electron chi connectivity index (χ0n) is 13.1. The summed E-state index contributed by atoms with van der Waals surface area (Å²) in [6.45, 7) is 4.54. The van der Waals surface area contributed by atoms with Crippen molar-refractivity contribution in [3.63, 3.8) is 0 Å². The van der Waals surface area contributed by atoms with E-state index in [0.29, 0.717) is 12.4 Å². The maximum absolute atomic E-state index is 11.6. The van der Waals surface area contributed by atoms with Crippen molar-refractivity contribution in [2.45, 2.75) is 20.4 Å². The van der Waals surface area contributed by atoms with Crippen molar-refractivity contribution < 1.29 is 9.53 Å². The number of nitriles is 1. The molecule has 0 spiro atoms. The van der Waals surface area contributed by atoms with Crippen LogP contribution in [0.2, 0.25) is 0 Å². The van der Waals surface area contributed by atoms with Crippen LogP contribution in [0, 0.1) is 18.3 Å². The monoisotopic (exact) mass is 310 g/mol. The van der Waals surface area contributed by atoms with Crippen LogP contribution in [0.1, 0.15) is 18.1 Å². The molecule has 0 aliphatic carbocycles. The molecule has 0 bridgehead atoms. The number of anilines is 1. The molecule has 1 aromatic carbocycles. The van der Waals surface area contributed by atoms with Gasteiger partial charge in [-0.15, -0.1) is 0 Å². The maximum Gasteiger partial charge on any atom is 0.350 e. The highest BCUT2D eigenvalue weighted by Crippen LogP contribution is 2.12. The second-order valence-corrected chi connectivity index (χ2v) is 4.89. The van der Waals surface area contributed by atoms with Gasteiger partial charge in [-0.2, -0.15) is 10.4 Å². The van der Waals surface area contributed by atoms with Crippen LogP contribution in [0.15, 0.2) is 48.3 Å². The molecule has 0 atom stereocenters. The molecule has 0 amide bonds. The Hall–Kier alpha value is -3.07. The molecule has 0 aliphatic rings. The molecule has 6 heteroatoms. The Morgan fingerprint density at radius 2 is 2.13 bits per heavy atom. The Kier molecular flexibility index (Phi) is 5.53. The molecule has 2 aromatic rings. The Bertz CT molecular complexity index is 739. The van der Waals surface area contributed by atoms with Gasteiger partial charge in [-0.05, 0) is 19.4 Å². The average Bonchev–Trinajstić information content (AvgIpc) is 2.98. The third-order valence-corrected chi connectivity index (χ3v) is 3.15. The summed E-state index contributed by atoms with van der Waals surface area (Å²) in [5.74, 6) is 0.0368. The van der Waals surface area contributed by atoms with E-state index in [0.717, 1.165) is 5.56 Å². The smallest absolute Gasteiger partial charge is 0.350 e. The van der Waals surface area contributed by atoms with Crippen molar-refractivity contribution in [2.75, 3.05) is 11.9 Å². The molecule has 23 heavy (non-hydrogen) atoms. The summed E-state index contributed by atoms with van der Waals surface area (Å²) in [5.41, 5.74) is 2.22. The highest BCUT2D eigenvalue weighted by Gasteiger charge is 2.10. The number of carbonyl (C=O) groups excluding carboxylic acids is 1. The predicted octanol–water partition coefficient (Wildman–Crippen LogP) is 2.62. The van der Waals surface area contributed by atoms with Crippen molar-refractivity contribution >= 4 is 11.8 Å². The highest BCUT2D eigenvalue weighted by atomic mass is 16.5. The molecule has 0 saturated carbocycles. The van der Waals surface area contributed by atoms with E-state index >= 15 is 0 Å². The van der Waals surface area contributed by atoms with E-state index in [1.807, 2.05) is 37.3 Å². The molecular weight excluding hydrogens is 292 g/mol. The number of esters is 1. The fourth-order valence-electron chi connectivity index (χ4n) is 1.94. The summed E-state index contributed by atoms with van der Waals surface area (Å²) in [4.78, 5) is 11.6. The van der Waals surface area contributed by atoms with Gasteiger partial charge in [-0.3, -0.25) is 0 Å². The van der Waals surface area contributed by atoms with Crippen LogP contribution in [-0.2, 0) is 16.1 Å². The molecular formula is C17H18N4O2. The number of hydrogen-bond acceptors (Lipinski definition) is 5. The van der Waals surface area contributed by atoms with Crippen LogP contribution in [-0.4, -0.2) is 22.4 Å². The van der Waals surface area contributed by atoms with Crippen molar-refractivity contribution in [2.24, 2.45) is 0 Å². The summed E-state index contributed by atoms with van der Waals surface area (Å²) >= 11 is 0. The lowest BCUT2D eigenvalue weighted by Crippen LogP contribution is -2.10. The lowest BCUT2D eigenvalue weighted by Gasteiger charge is -2.08. The molecule has 0 saturated heterocycles. The minimum Gasteiger partial charge on any atom is -0.462 e. The number of hydrogen-bond donors (Lipinski definition) is 1. The first-order valence-electron chi connectivity index (χ1n) is 7.25. The Labute approximate surface area is 135 Å². The summed E-state index contributed by atoms with van der Waals surface area (Å²) in [5, 5.41) is 16.2. The third-order valence-electron chi connectivity index (χ3n) is 3.15. The predicted molar refractivity (Wildman–Crippen MR) is 86.5 cm³/mol. The quantitative estimate of drug-likeness (QED) is 0.504. The van der Waals surface area contributed by atoms with Crippen molar-refractivity contribution in [1.82, 2.24) is 9.78 Å². The Morgan fingerprint density at radius 3 is 2.78 bits per heavy atom. The van der Waals surface area contributed by atoms with E-state index < -0.39 is 5.97 Å². The van der Waals surface area contributed by atoms with Crippen LogP contribution in [0.4, 0.5) is 5.82 Å². The first-order valence-corrected chi connectivity index (χ1v) is 7.25. The van der Waals surface area contributed by atoms with Gasteiger partial charge in [0.25, 0.3) is 0 Å². The molecule has 1 N–H and O–H groups in total. The van der Waals surface area contributed by atoms with Crippen LogP contribution >= 0.6 is 0 Å². The second-order valence-electron chi connectivity index (χ2n) is 4.89. The van der Waals surface area contributed by atoms with Gasteiger partial charge in [0.05, 0.1) is 19.3 Å². The van der Waals surface area contributed by atoms with Gasteiger partial charge in [0.1, 0.15) is 11.9 Å². The van der Waals surface area contributed by atoms with Crippen LogP contribution in [0.25, 0.3) is 0 Å². The summed E-state index contributed by atoms with van der Waals surface area (Å²) in [7, 11) is 0. The van der Waals surface area contributed by atoms with Crippen LogP contribution < -0.4 is 5.32 Å². The van der Waals surface area contributed by atoms with E-state index in [-0.39, 0.29) is 12.2 Å². The van der Waals surface area contributed by atoms with Gasteiger partial charge in [-0.25, -0.2) is 9.48 Å². The topological polar surface area (TPSA) is 79.9 Å². The number of nitrogens with one attached hydrogen (secondary N) is 1. The lowest BCUT2D eigenvalue weighted by atomic mass is 10.1. The van der Waals surface area contributed by atoms with E-state index in [9.17, 15) is 4.79 Å². The molecule has 118 valence electrons. The number of benzene rings is 1. The van der Waals surface area contributed by atoms with E-state index in [1.165, 1.54) is 11.8 Å². The summed E-state index contributed by atoms with van der Waals surface area (Å²) < 4.78 is 6.56. The number of ether oxygens (including phenoxy) is 1. The number of nitrogens with zero attached hydrogens (tertiary/aromatic N) is 3. The normalized spacial score (nSPS) is 10.9. The van der Waals surface area contributed by atoms with Gasteiger partial charge >= 0.3 is 5.97 Å². The first-order chi connectivity index (χ1) is 11.1. The van der Waals surface area contributed by atoms with Gasteiger partial charge in [0.15, 0.2) is 5.57 Å². The van der Waals surface area contributed by atoms with E-state index in [4.69, 9.17) is 10.00 Å². The molecule has 0 radical (unpaired) electrons. The molecule has 0 unspecified atom stereocenters. The van der Waals surface area contributed by atoms with E-state index in [2.05, 4.69) is 10.4 Å². The van der Waals surface area contributed by atoms with Gasteiger partial charge < -0.3 is 10.1 Å². The van der Waals surface area contributed by atoms with Crippen molar-refractivity contribution in [3.05, 3.63) is 59.4 Å². The lowest BCUT2D eigenvalue weighted by molar-refractivity contribution is -0.138. The molecule has 0 aliphatic heterocycles. The molecule has 0 fully saturated rings. The minimum atomic E-state index is -0.646. The number of aryl methyl sites for hydroxylation is 1. The summed E-state index contributed by atoms with van der Waals surface area (Å²) in [6.07, 6.45) is 2.99. The van der Waals surface area contributed by atoms with Crippen molar-refractivity contribution in [3.8, 4) is 6.07 Å². The standard InChI is InChI=1S/C17H18N4O2/c1-3-23-17(22)15(10-18)11-19-16-8-9-20-21(16)12-14-6-4-13(2)5-7-14/h4-9,11,19H,3,12H2,1-2H3/b15-11+. The van der Waals surface area contributed by atoms with Crippen molar-refractivity contribution in [1.29, 1.82) is 5.26 Å². The number of rotatable bonds is 6. The molecule has 1 aromatic heterocycles. The maximum atomic E-state index is 11.6. The first kappa shape index (κ1) is 16.3. The third kappa shape index (κ3) is 4.45. The SMILES string of the molecule is CCOC(=O)/C(C#N)=C/Nc1ccnn1Cc1ccc(C)cc1. The largest absolute Gasteiger partial charge is 0.462 e. The zero-order valence-corrected chi connectivity index (χ0v) is 13.1. The highest BCUT2D eigenvalue weighted by molar-refractivity contribution is 5.93. The van der Waals surface area contributed by atoms with E-state index in [1.54, 1.807) is 23.9 Å². The number of carbonyl (C=O) groups is 1. The Balaban J connectivity index is 2.10. The summed E-state index contributed by atoms with van der Waals surface area (Å²) in [6, 6.07) is 11.7. The number of aromatic nitrogens is 2. The fourth-order valence-corrected chi connectivity index (χ4v) is 1.94. The Morgan fingerprint density at radius 1 is 1.39 bits per heavy atom. The van der Waals surface area contributed by atoms with Crippen LogP contribution in [0.5, 0.6) is 0 Å². The van der Waals surface area contributed by atoms with Gasteiger partial charge in [-0.1, -0.05) is 29.8 Å². The fraction of sp³-hybridized carbons (Fsp3) is 0.235. The minimum absolute atomic E-state index is 0.0880. The molecule has 6 nitrogen and oxygen atoms in total. The van der Waals surface area contributed by atoms with Gasteiger partial charge in [0, 0.05) is 12.3 Å². The average molecular weight is 310 g/mol. The molecule has 2 rings (SSSR count).